The Labute approximate surface area is 582 Å². The van der Waals surface area contributed by atoms with E-state index in [1.807, 2.05) is 6.07 Å². The first-order chi connectivity index (χ1) is 47.6. The van der Waals surface area contributed by atoms with Crippen molar-refractivity contribution < 1.29 is 9.47 Å². The molecule has 1 aliphatic heterocycles. The molecule has 0 saturated heterocycles. The number of ether oxygens (including phenoxy) is 2. The molecule has 1 aliphatic rings. The van der Waals surface area contributed by atoms with Gasteiger partial charge in [0.25, 0.3) is 0 Å². The number of hydrogen-bond donors (Lipinski definition) is 0. The van der Waals surface area contributed by atoms with Gasteiger partial charge in [-0.15, -0.1) is 0 Å². The molecule has 98 heavy (non-hydrogen) atoms. The zero-order chi connectivity index (χ0) is 68.5. The number of aromatic nitrogens is 3. The van der Waals surface area contributed by atoms with Crippen molar-refractivity contribution in [3.05, 3.63) is 251 Å². The Morgan fingerprint density at radius 1 is 0.490 bits per heavy atom. The Hall–Kier alpha value is -9.89. The van der Waals surface area contributed by atoms with E-state index < -0.39 is 13.7 Å². The van der Waals surface area contributed by atoms with Gasteiger partial charge < -0.3 is 18.4 Å². The number of unbranched alkanes of at least 4 members (excludes halogenated alkanes) is 2. The fraction of sp³-hybridized carbons (Fsp3) is 0.295. The zero-order valence-electron chi connectivity index (χ0n) is 59.1. The highest BCUT2D eigenvalue weighted by atomic mass is 16.5. The van der Waals surface area contributed by atoms with E-state index in [9.17, 15) is 10.5 Å². The van der Waals surface area contributed by atoms with Gasteiger partial charge in [0.15, 0.2) is 0 Å². The summed E-state index contributed by atoms with van der Waals surface area (Å²) in [6.07, 6.45) is 10.1. The SMILES string of the molecule is CCCCC(CC)COc1ccc(-c2c3/c(=C(\C#N)c4ccc5cc(C(C)(C)C)ccc5n4)n(B(c4ccccc4)c4ccccc4)c(-c4ccc(OCC(CC)CCCC)cc4)c3/c(=C(\C#N)C3=Nc4ccc(C(C)(C)C)cc4CC3)n2B(c2ccccc2)c2ccccc2)cc1. The maximum Gasteiger partial charge on any atom is 0.328 e. The summed E-state index contributed by atoms with van der Waals surface area (Å²) in [6, 6.07) is 83.1. The molecule has 0 amide bonds. The summed E-state index contributed by atoms with van der Waals surface area (Å²) < 4.78 is 18.4. The Kier molecular flexibility index (Phi) is 21.0. The van der Waals surface area contributed by atoms with Gasteiger partial charge >= 0.3 is 13.7 Å². The Bertz CT molecular complexity index is 4700. The molecule has 0 aliphatic carbocycles. The standard InChI is InChI=1S/C88H92B2N6O2/c1-11-15-29-61(13-3)59-97-73-47-39-63(40-48-73)83-81-82(86(95(83)89(69-31-21-17-22-32-69)70-33-23-18-24-34-70)76(58-92)80-52-44-66-56-68(88(8,9)10)46-54-78(66)94-80)84(64-41-49-74(50-42-64)98-60-62(14-4)30-16-12-2)96(90(71-35-25-19-26-36-71)72-37-27-20-28-38-72)85(81)75(57-91)79-51-43-65-55-67(87(5,6)7)45-53-77(65)93-79/h17-28,31-43,45-51,53-56,61-62H,11-16,29-30,44,52,59-60H2,1-10H3/b85-75-,86-76-. The van der Waals surface area contributed by atoms with Crippen molar-refractivity contribution in [1.29, 1.82) is 10.5 Å². The fourth-order valence-electron chi connectivity index (χ4n) is 14.4. The topological polar surface area (TPSA) is 101 Å². The fourth-order valence-corrected chi connectivity index (χ4v) is 14.4. The third-order valence-corrected chi connectivity index (χ3v) is 20.1. The number of rotatable bonds is 24. The van der Waals surface area contributed by atoms with Crippen LogP contribution in [0.1, 0.15) is 149 Å². The zero-order valence-corrected chi connectivity index (χ0v) is 59.1. The van der Waals surface area contributed by atoms with Crippen LogP contribution in [0.4, 0.5) is 5.69 Å². The Morgan fingerprint density at radius 3 is 1.34 bits per heavy atom. The molecule has 12 rings (SSSR count). The van der Waals surface area contributed by atoms with Gasteiger partial charge in [0.2, 0.25) is 0 Å². The van der Waals surface area contributed by atoms with E-state index in [4.69, 9.17) is 19.5 Å². The van der Waals surface area contributed by atoms with Crippen molar-refractivity contribution in [3.63, 3.8) is 0 Å². The third kappa shape index (κ3) is 14.4. The van der Waals surface area contributed by atoms with E-state index in [0.717, 1.165) is 140 Å². The van der Waals surface area contributed by atoms with E-state index in [2.05, 4.69) is 303 Å². The quantitative estimate of drug-likeness (QED) is 0.0561. The van der Waals surface area contributed by atoms with Gasteiger partial charge in [0, 0.05) is 27.5 Å². The van der Waals surface area contributed by atoms with Crippen LogP contribution in [0.3, 0.4) is 0 Å². The average Bonchev–Trinajstić information content (AvgIpc) is 1.52. The normalized spacial score (nSPS) is 13.6. The van der Waals surface area contributed by atoms with Gasteiger partial charge in [0.1, 0.15) is 29.2 Å². The van der Waals surface area contributed by atoms with E-state index in [1.54, 1.807) is 0 Å². The molecule has 2 unspecified atom stereocenters. The average molecular weight is 1290 g/mol. The summed E-state index contributed by atoms with van der Waals surface area (Å²) in [6.45, 7) is 22.6. The summed E-state index contributed by atoms with van der Waals surface area (Å²) in [5.74, 6) is 2.40. The number of aryl methyl sites for hydroxylation is 1. The molecule has 0 radical (unpaired) electrons. The lowest BCUT2D eigenvalue weighted by atomic mass is 9.50. The first-order valence-electron chi connectivity index (χ1n) is 35.8. The molecular weight excluding hydrogens is 1190 g/mol. The lowest BCUT2D eigenvalue weighted by molar-refractivity contribution is 0.233. The lowest BCUT2D eigenvalue weighted by Gasteiger charge is -2.25. The van der Waals surface area contributed by atoms with E-state index >= 15 is 0 Å². The van der Waals surface area contributed by atoms with Gasteiger partial charge in [-0.25, -0.2) is 4.98 Å². The molecular formula is C88H92B2N6O2. The summed E-state index contributed by atoms with van der Waals surface area (Å²) in [7, 11) is 0. The second kappa shape index (κ2) is 30.3. The Morgan fingerprint density at radius 2 is 0.918 bits per heavy atom. The summed E-state index contributed by atoms with van der Waals surface area (Å²) in [5, 5.41) is 29.5. The predicted molar refractivity (Wildman–Crippen MR) is 412 cm³/mol. The minimum absolute atomic E-state index is 0.0699. The molecule has 4 heterocycles. The molecule has 8 nitrogen and oxygen atoms in total. The highest BCUT2D eigenvalue weighted by Crippen LogP contribution is 2.40. The van der Waals surface area contributed by atoms with Crippen molar-refractivity contribution in [3.8, 4) is 46.2 Å². The second-order valence-electron chi connectivity index (χ2n) is 28.8. The maximum atomic E-state index is 12.8. The largest absolute Gasteiger partial charge is 0.493 e. The number of aliphatic imine (C=N–C) groups is 1. The van der Waals surface area contributed by atoms with Crippen molar-refractivity contribution in [1.82, 2.24) is 13.9 Å². The van der Waals surface area contributed by atoms with Gasteiger partial charge in [-0.2, -0.15) is 10.5 Å². The number of hydrogen-bond acceptors (Lipinski definition) is 6. The molecule has 0 fully saturated rings. The Balaban J connectivity index is 1.34. The van der Waals surface area contributed by atoms with Crippen LogP contribution in [0.5, 0.6) is 11.5 Å². The number of fused-ring (bicyclic) bond motifs is 3. The van der Waals surface area contributed by atoms with Crippen molar-refractivity contribution in [2.75, 3.05) is 13.2 Å². The number of benzene rings is 8. The smallest absolute Gasteiger partial charge is 0.328 e. The molecule has 492 valence electrons. The summed E-state index contributed by atoms with van der Waals surface area (Å²) in [4.78, 5) is 11.2. The van der Waals surface area contributed by atoms with Crippen LogP contribution in [0.15, 0.2) is 223 Å². The first kappa shape index (κ1) is 68.1. The number of nitrogens with zero attached hydrogens (tertiary/aromatic N) is 6. The van der Waals surface area contributed by atoms with Crippen LogP contribution in [-0.4, -0.2) is 46.6 Å². The molecule has 0 N–H and O–H groups in total. The summed E-state index contributed by atoms with van der Waals surface area (Å²) >= 11 is 0. The molecule has 3 aromatic heterocycles. The van der Waals surface area contributed by atoms with Crippen molar-refractivity contribution in [2.24, 2.45) is 16.8 Å². The number of nitriles is 2. The molecule has 8 aromatic carbocycles. The molecule has 0 saturated carbocycles. The molecule has 0 spiro atoms. The second-order valence-corrected chi connectivity index (χ2v) is 28.8. The van der Waals surface area contributed by atoms with Crippen LogP contribution < -0.4 is 42.0 Å². The van der Waals surface area contributed by atoms with Crippen LogP contribution >= 0.6 is 0 Å². The minimum atomic E-state index is -0.544. The highest BCUT2D eigenvalue weighted by molar-refractivity contribution is 6.85. The van der Waals surface area contributed by atoms with Gasteiger partial charge in [-0.3, -0.25) is 4.99 Å². The van der Waals surface area contributed by atoms with Crippen molar-refractivity contribution >= 4 is 79.8 Å². The van der Waals surface area contributed by atoms with Crippen LogP contribution in [-0.2, 0) is 17.3 Å². The highest BCUT2D eigenvalue weighted by Gasteiger charge is 2.38. The molecule has 0 bridgehead atoms. The van der Waals surface area contributed by atoms with E-state index in [-0.39, 0.29) is 10.8 Å². The van der Waals surface area contributed by atoms with Crippen LogP contribution in [0, 0.1) is 34.5 Å². The molecule has 10 heteroatoms. The maximum absolute atomic E-state index is 12.8. The summed E-state index contributed by atoms with van der Waals surface area (Å²) in [5.41, 5.74) is 14.6. The minimum Gasteiger partial charge on any atom is -0.493 e. The van der Waals surface area contributed by atoms with Gasteiger partial charge in [-0.05, 0) is 149 Å². The first-order valence-corrected chi connectivity index (χ1v) is 35.8. The van der Waals surface area contributed by atoms with Gasteiger partial charge in [0.05, 0.1) is 52.1 Å². The molecule has 2 atom stereocenters. The lowest BCUT2D eigenvalue weighted by Crippen LogP contribution is -2.54. The molecule has 11 aromatic rings. The monoisotopic (exact) mass is 1290 g/mol. The van der Waals surface area contributed by atoms with Crippen molar-refractivity contribution in [2.45, 2.75) is 144 Å². The van der Waals surface area contributed by atoms with Crippen LogP contribution in [0.2, 0.25) is 0 Å². The third-order valence-electron chi connectivity index (χ3n) is 20.1. The van der Waals surface area contributed by atoms with E-state index in [1.165, 1.54) is 11.1 Å². The predicted octanol–water partition coefficient (Wildman–Crippen LogP) is 17.5. The number of pyridine rings is 1. The van der Waals surface area contributed by atoms with E-state index in [0.29, 0.717) is 71.1 Å². The van der Waals surface area contributed by atoms with Gasteiger partial charge in [-0.1, -0.05) is 275 Å². The van der Waals surface area contributed by atoms with Crippen LogP contribution in [0.25, 0.3) is 55.3 Å².